The van der Waals surface area contributed by atoms with Gasteiger partial charge in [-0.2, -0.15) is 0 Å². The van der Waals surface area contributed by atoms with Crippen LogP contribution >= 0.6 is 0 Å². The molecule has 0 unspecified atom stereocenters. The predicted octanol–water partition coefficient (Wildman–Crippen LogP) is 2.50. The Labute approximate surface area is 92.2 Å². The summed E-state index contributed by atoms with van der Waals surface area (Å²) in [5.74, 6) is -3.38. The molecule has 0 aromatic heterocycles. The van der Waals surface area contributed by atoms with Gasteiger partial charge < -0.3 is 10.5 Å². The van der Waals surface area contributed by atoms with Crippen molar-refractivity contribution in [2.75, 3.05) is 5.73 Å². The Kier molecular flexibility index (Phi) is 3.16. The van der Waals surface area contributed by atoms with Gasteiger partial charge in [0.05, 0.1) is 0 Å². The minimum absolute atomic E-state index is 0.145. The quantitative estimate of drug-likeness (QED) is 0.594. The molecule has 0 bridgehead atoms. The van der Waals surface area contributed by atoms with Crippen LogP contribution < -0.4 is 5.73 Å². The largest absolute Gasteiger partial charge is 0.456 e. The molecule has 0 saturated carbocycles. The summed E-state index contributed by atoms with van der Waals surface area (Å²) in [6.45, 7) is 4.87. The molecule has 0 fully saturated rings. The van der Waals surface area contributed by atoms with Crippen molar-refractivity contribution in [2.24, 2.45) is 0 Å². The Morgan fingerprint density at radius 3 is 2.38 bits per heavy atom. The summed E-state index contributed by atoms with van der Waals surface area (Å²) in [5, 5.41) is 0. The third-order valence-corrected chi connectivity index (χ3v) is 1.73. The second kappa shape index (κ2) is 4.08. The van der Waals surface area contributed by atoms with E-state index in [0.29, 0.717) is 0 Å². The number of hydrogen-bond donors (Lipinski definition) is 1. The van der Waals surface area contributed by atoms with Gasteiger partial charge in [0.1, 0.15) is 11.2 Å². The summed E-state index contributed by atoms with van der Waals surface area (Å²) in [4.78, 5) is 11.5. The highest BCUT2D eigenvalue weighted by atomic mass is 19.2. The molecular weight excluding hydrogens is 216 g/mol. The van der Waals surface area contributed by atoms with E-state index in [-0.39, 0.29) is 5.69 Å². The lowest BCUT2D eigenvalue weighted by atomic mass is 10.1. The van der Waals surface area contributed by atoms with Gasteiger partial charge in [0.2, 0.25) is 0 Å². The minimum Gasteiger partial charge on any atom is -0.456 e. The van der Waals surface area contributed by atoms with Crippen LogP contribution in [0.15, 0.2) is 12.1 Å². The van der Waals surface area contributed by atoms with Crippen LogP contribution in [0.25, 0.3) is 0 Å². The standard InChI is InChI=1S/C11H13F2NO2/c1-11(2,3)16-10(15)8-7(14)5-4-6(12)9(8)13/h4-5H,14H2,1-3H3. The zero-order valence-corrected chi connectivity index (χ0v) is 9.30. The first-order valence-corrected chi connectivity index (χ1v) is 4.69. The number of carbonyl (C=O) groups is 1. The van der Waals surface area contributed by atoms with Crippen molar-refractivity contribution in [3.05, 3.63) is 29.3 Å². The fraction of sp³-hybridized carbons (Fsp3) is 0.364. The van der Waals surface area contributed by atoms with E-state index in [1.54, 1.807) is 20.8 Å². The summed E-state index contributed by atoms with van der Waals surface area (Å²) < 4.78 is 31.2. The molecule has 1 rings (SSSR count). The molecule has 5 heteroatoms. The van der Waals surface area contributed by atoms with Crippen molar-refractivity contribution in [2.45, 2.75) is 26.4 Å². The highest BCUT2D eigenvalue weighted by Gasteiger charge is 2.24. The number of anilines is 1. The number of rotatable bonds is 1. The first-order valence-electron chi connectivity index (χ1n) is 4.69. The number of hydrogen-bond acceptors (Lipinski definition) is 3. The van der Waals surface area contributed by atoms with Crippen LogP contribution in [0.5, 0.6) is 0 Å². The number of halogens is 2. The molecule has 3 nitrogen and oxygen atoms in total. The third-order valence-electron chi connectivity index (χ3n) is 1.73. The average molecular weight is 229 g/mol. The highest BCUT2D eigenvalue weighted by Crippen LogP contribution is 2.22. The molecule has 0 amide bonds. The average Bonchev–Trinajstić information content (AvgIpc) is 2.09. The van der Waals surface area contributed by atoms with Crippen molar-refractivity contribution < 1.29 is 18.3 Å². The maximum atomic E-state index is 13.3. The van der Waals surface area contributed by atoms with Gasteiger partial charge in [-0.05, 0) is 32.9 Å². The fourth-order valence-electron chi connectivity index (χ4n) is 1.10. The molecule has 0 aliphatic heterocycles. The van der Waals surface area contributed by atoms with Crippen molar-refractivity contribution >= 4 is 11.7 Å². The van der Waals surface area contributed by atoms with Crippen LogP contribution in [0.1, 0.15) is 31.1 Å². The number of nitrogen functional groups attached to an aromatic ring is 1. The number of ether oxygens (including phenoxy) is 1. The van der Waals surface area contributed by atoms with E-state index in [2.05, 4.69) is 0 Å². The van der Waals surface area contributed by atoms with Gasteiger partial charge in [-0.3, -0.25) is 0 Å². The Hall–Kier alpha value is -1.65. The van der Waals surface area contributed by atoms with E-state index < -0.39 is 28.8 Å². The van der Waals surface area contributed by atoms with Crippen LogP contribution in [0.3, 0.4) is 0 Å². The lowest BCUT2D eigenvalue weighted by Gasteiger charge is -2.20. The summed E-state index contributed by atoms with van der Waals surface area (Å²) in [6, 6.07) is 1.98. The number of benzene rings is 1. The fourth-order valence-corrected chi connectivity index (χ4v) is 1.10. The van der Waals surface area contributed by atoms with E-state index in [9.17, 15) is 13.6 Å². The smallest absolute Gasteiger partial charge is 0.343 e. The molecule has 0 atom stereocenters. The van der Waals surface area contributed by atoms with E-state index in [0.717, 1.165) is 12.1 Å². The second-order valence-corrected chi connectivity index (χ2v) is 4.33. The summed E-state index contributed by atoms with van der Waals surface area (Å²) in [5.41, 5.74) is 3.91. The lowest BCUT2D eigenvalue weighted by molar-refractivity contribution is 0.00650. The highest BCUT2D eigenvalue weighted by molar-refractivity contribution is 5.95. The van der Waals surface area contributed by atoms with Gasteiger partial charge in [0.15, 0.2) is 11.6 Å². The molecule has 0 heterocycles. The molecule has 16 heavy (non-hydrogen) atoms. The maximum absolute atomic E-state index is 13.3. The molecule has 2 N–H and O–H groups in total. The molecule has 0 aliphatic carbocycles. The van der Waals surface area contributed by atoms with Gasteiger partial charge in [-0.1, -0.05) is 0 Å². The predicted molar refractivity (Wildman–Crippen MR) is 55.9 cm³/mol. The normalized spacial score (nSPS) is 11.3. The summed E-state index contributed by atoms with van der Waals surface area (Å²) >= 11 is 0. The maximum Gasteiger partial charge on any atom is 0.343 e. The van der Waals surface area contributed by atoms with Crippen LogP contribution in [-0.4, -0.2) is 11.6 Å². The van der Waals surface area contributed by atoms with E-state index >= 15 is 0 Å². The second-order valence-electron chi connectivity index (χ2n) is 4.33. The summed E-state index contributed by atoms with van der Waals surface area (Å²) in [7, 11) is 0. The molecule has 0 radical (unpaired) electrons. The van der Waals surface area contributed by atoms with Crippen molar-refractivity contribution in [1.82, 2.24) is 0 Å². The Bertz CT molecular complexity index is 425. The molecular formula is C11H13F2NO2. The van der Waals surface area contributed by atoms with Crippen molar-refractivity contribution in [1.29, 1.82) is 0 Å². The molecule has 0 saturated heterocycles. The van der Waals surface area contributed by atoms with Crippen LogP contribution in [0, 0.1) is 11.6 Å². The first kappa shape index (κ1) is 12.4. The van der Waals surface area contributed by atoms with Gasteiger partial charge in [-0.25, -0.2) is 13.6 Å². The third kappa shape index (κ3) is 2.68. The number of nitrogens with two attached hydrogens (primary N) is 1. The van der Waals surface area contributed by atoms with Crippen LogP contribution in [0.2, 0.25) is 0 Å². The van der Waals surface area contributed by atoms with Crippen LogP contribution in [-0.2, 0) is 4.74 Å². The minimum atomic E-state index is -1.28. The molecule has 0 aliphatic rings. The first-order chi connectivity index (χ1) is 7.22. The monoisotopic (exact) mass is 229 g/mol. The lowest BCUT2D eigenvalue weighted by Crippen LogP contribution is -2.25. The van der Waals surface area contributed by atoms with Crippen LogP contribution in [0.4, 0.5) is 14.5 Å². The Morgan fingerprint density at radius 2 is 1.88 bits per heavy atom. The topological polar surface area (TPSA) is 52.3 Å². The van der Waals surface area contributed by atoms with Crippen molar-refractivity contribution in [3.8, 4) is 0 Å². The Morgan fingerprint density at radius 1 is 1.31 bits per heavy atom. The van der Waals surface area contributed by atoms with Gasteiger partial charge in [-0.15, -0.1) is 0 Å². The summed E-state index contributed by atoms with van der Waals surface area (Å²) in [6.07, 6.45) is 0. The zero-order valence-electron chi connectivity index (χ0n) is 9.30. The Balaban J connectivity index is 3.14. The SMILES string of the molecule is CC(C)(C)OC(=O)c1c(N)ccc(F)c1F. The van der Waals surface area contributed by atoms with E-state index in [4.69, 9.17) is 10.5 Å². The van der Waals surface area contributed by atoms with Crippen molar-refractivity contribution in [3.63, 3.8) is 0 Å². The molecule has 1 aromatic rings. The van der Waals surface area contributed by atoms with E-state index in [1.165, 1.54) is 0 Å². The van der Waals surface area contributed by atoms with E-state index in [1.807, 2.05) is 0 Å². The molecule has 88 valence electrons. The molecule has 1 aromatic carbocycles. The van der Waals surface area contributed by atoms with Gasteiger partial charge in [0, 0.05) is 5.69 Å². The number of carbonyl (C=O) groups excluding carboxylic acids is 1. The van der Waals surface area contributed by atoms with Gasteiger partial charge >= 0.3 is 5.97 Å². The molecule has 0 spiro atoms. The van der Waals surface area contributed by atoms with Gasteiger partial charge in [0.25, 0.3) is 0 Å². The zero-order chi connectivity index (χ0) is 12.5. The number of esters is 1.